The van der Waals surface area contributed by atoms with Crippen LogP contribution >= 0.6 is 0 Å². The van der Waals surface area contributed by atoms with Crippen LogP contribution in [0.25, 0.3) is 0 Å². The van der Waals surface area contributed by atoms with Gasteiger partial charge < -0.3 is 22.4 Å². The largest absolute Gasteiger partial charge is 1.00 e. The fourth-order valence-electron chi connectivity index (χ4n) is 2.04. The van der Waals surface area contributed by atoms with Crippen LogP contribution in [0.2, 0.25) is 0 Å². The number of hydrogen-bond acceptors (Lipinski definition) is 2. The average Bonchev–Trinajstić information content (AvgIpc) is 2.44. The third-order valence-corrected chi connectivity index (χ3v) is 3.15. The van der Waals surface area contributed by atoms with Gasteiger partial charge in [-0.2, -0.15) is 0 Å². The maximum absolute atomic E-state index is 13.5. The quantitative estimate of drug-likeness (QED) is 0.585. The maximum Gasteiger partial charge on any atom is 1.00 e. The van der Waals surface area contributed by atoms with Gasteiger partial charge in [-0.25, -0.2) is 4.39 Å². The van der Waals surface area contributed by atoms with E-state index in [1.165, 1.54) is 7.11 Å². The summed E-state index contributed by atoms with van der Waals surface area (Å²) in [5, 5.41) is 0. The summed E-state index contributed by atoms with van der Waals surface area (Å²) < 4.78 is 61.6. The predicted molar refractivity (Wildman–Crippen MR) is 77.2 cm³/mol. The van der Waals surface area contributed by atoms with Crippen molar-refractivity contribution in [3.8, 4) is 11.5 Å². The van der Waals surface area contributed by atoms with Gasteiger partial charge in [0.1, 0.15) is 18.1 Å². The molecule has 0 bridgehead atoms. The van der Waals surface area contributed by atoms with E-state index < -0.39 is 18.3 Å². The minimum atomic E-state index is -5.37. The summed E-state index contributed by atoms with van der Waals surface area (Å²) in [5.41, 5.74) is 0.466. The number of benzene rings is 2. The van der Waals surface area contributed by atoms with Crippen molar-refractivity contribution in [2.45, 2.75) is 13.5 Å². The van der Waals surface area contributed by atoms with Crippen LogP contribution < -0.4 is 66.3 Å². The predicted octanol–water partition coefficient (Wildman–Crippen LogP) is 0.780. The average molecular weight is 352 g/mol. The standard InChI is InChI=1S/C15H14BF4O2.K/c1-10-3-6-15(21-2)11(7-10)9-22-12-4-5-13(14(17)8-12)16(18,19)20;/h3-8H,9H2,1-2H3;/q-1;+1. The molecule has 0 aliphatic carbocycles. The van der Waals surface area contributed by atoms with Crippen molar-refractivity contribution in [1.29, 1.82) is 0 Å². The molecule has 0 aromatic heterocycles. The number of halogens is 4. The Morgan fingerprint density at radius 3 is 2.30 bits per heavy atom. The first-order chi connectivity index (χ1) is 10.3. The van der Waals surface area contributed by atoms with Crippen LogP contribution in [0.15, 0.2) is 36.4 Å². The van der Waals surface area contributed by atoms with E-state index in [1.54, 1.807) is 6.07 Å². The van der Waals surface area contributed by atoms with Gasteiger partial charge >= 0.3 is 58.4 Å². The summed E-state index contributed by atoms with van der Waals surface area (Å²) in [6.07, 6.45) is 0. The zero-order valence-corrected chi connectivity index (χ0v) is 16.2. The van der Waals surface area contributed by atoms with Crippen LogP contribution in [0.1, 0.15) is 11.1 Å². The first-order valence-corrected chi connectivity index (χ1v) is 6.57. The molecule has 0 spiro atoms. The van der Waals surface area contributed by atoms with Crippen molar-refractivity contribution >= 4 is 12.4 Å². The van der Waals surface area contributed by atoms with Gasteiger partial charge in [-0.3, -0.25) is 0 Å². The number of rotatable bonds is 5. The van der Waals surface area contributed by atoms with E-state index in [0.717, 1.165) is 23.3 Å². The molecular weight excluding hydrogens is 338 g/mol. The van der Waals surface area contributed by atoms with Gasteiger partial charge in [0, 0.05) is 11.6 Å². The summed E-state index contributed by atoms with van der Waals surface area (Å²) in [6, 6.07) is 8.01. The van der Waals surface area contributed by atoms with Crippen LogP contribution in [0, 0.1) is 12.7 Å². The molecule has 0 saturated carbocycles. The third-order valence-electron chi connectivity index (χ3n) is 3.15. The number of hydrogen-bond donors (Lipinski definition) is 0. The Hall–Kier alpha value is -0.539. The third kappa shape index (κ3) is 5.49. The fraction of sp³-hybridized carbons (Fsp3) is 0.200. The zero-order chi connectivity index (χ0) is 16.3. The second kappa shape index (κ2) is 8.53. The van der Waals surface area contributed by atoms with Crippen LogP contribution in [0.5, 0.6) is 11.5 Å². The molecule has 0 aliphatic rings. The van der Waals surface area contributed by atoms with Crippen LogP contribution in [-0.4, -0.2) is 14.1 Å². The van der Waals surface area contributed by atoms with Crippen LogP contribution in [0.4, 0.5) is 17.3 Å². The Kier molecular flexibility index (Phi) is 7.60. The molecule has 23 heavy (non-hydrogen) atoms. The van der Waals surface area contributed by atoms with Gasteiger partial charge in [0.2, 0.25) is 0 Å². The van der Waals surface area contributed by atoms with Crippen molar-refractivity contribution in [2.24, 2.45) is 0 Å². The molecule has 2 rings (SSSR count). The van der Waals surface area contributed by atoms with Crippen molar-refractivity contribution in [3.05, 3.63) is 53.3 Å². The fourth-order valence-corrected chi connectivity index (χ4v) is 2.04. The molecule has 2 nitrogen and oxygen atoms in total. The van der Waals surface area contributed by atoms with E-state index in [2.05, 4.69) is 0 Å². The topological polar surface area (TPSA) is 18.5 Å². The van der Waals surface area contributed by atoms with Crippen LogP contribution in [-0.2, 0) is 6.61 Å². The maximum atomic E-state index is 13.5. The molecule has 0 amide bonds. The molecule has 118 valence electrons. The van der Waals surface area contributed by atoms with Crippen LogP contribution in [0.3, 0.4) is 0 Å². The first-order valence-electron chi connectivity index (χ1n) is 6.57. The molecule has 0 radical (unpaired) electrons. The zero-order valence-electron chi connectivity index (χ0n) is 13.1. The van der Waals surface area contributed by atoms with Gasteiger partial charge in [-0.1, -0.05) is 23.2 Å². The Labute approximate surface area is 174 Å². The minimum Gasteiger partial charge on any atom is -0.496 e. The van der Waals surface area contributed by atoms with Crippen molar-refractivity contribution in [1.82, 2.24) is 0 Å². The van der Waals surface area contributed by atoms with Crippen molar-refractivity contribution in [2.75, 3.05) is 7.11 Å². The summed E-state index contributed by atoms with van der Waals surface area (Å²) in [4.78, 5) is 0. The summed E-state index contributed by atoms with van der Waals surface area (Å²) in [6.45, 7) is -3.41. The molecule has 0 saturated heterocycles. The Morgan fingerprint density at radius 2 is 1.74 bits per heavy atom. The molecule has 0 fully saturated rings. The molecule has 0 heterocycles. The van der Waals surface area contributed by atoms with E-state index in [4.69, 9.17) is 9.47 Å². The van der Waals surface area contributed by atoms with E-state index in [-0.39, 0.29) is 63.7 Å². The van der Waals surface area contributed by atoms with E-state index in [0.29, 0.717) is 11.8 Å². The van der Waals surface area contributed by atoms with Gasteiger partial charge in [-0.05, 0) is 25.1 Å². The van der Waals surface area contributed by atoms with Crippen molar-refractivity contribution in [3.63, 3.8) is 0 Å². The smallest absolute Gasteiger partial charge is 0.496 e. The molecule has 0 unspecified atom stereocenters. The normalized spacial score (nSPS) is 10.9. The van der Waals surface area contributed by atoms with E-state index in [1.807, 2.05) is 19.1 Å². The molecule has 8 heteroatoms. The Morgan fingerprint density at radius 1 is 1.04 bits per heavy atom. The second-order valence-corrected chi connectivity index (χ2v) is 4.86. The molecular formula is C15H14BF4KO2. The molecule has 0 atom stereocenters. The molecule has 2 aromatic carbocycles. The first kappa shape index (κ1) is 20.5. The Balaban J connectivity index is 0.00000264. The van der Waals surface area contributed by atoms with Gasteiger partial charge in [0.25, 0.3) is 0 Å². The number of ether oxygens (including phenoxy) is 2. The molecule has 2 aromatic rings. The van der Waals surface area contributed by atoms with E-state index >= 15 is 0 Å². The molecule has 0 N–H and O–H groups in total. The Bertz CT molecular complexity index is 677. The minimum absolute atomic E-state index is 0. The summed E-state index contributed by atoms with van der Waals surface area (Å²) in [7, 11) is 1.51. The second-order valence-electron chi connectivity index (χ2n) is 4.86. The van der Waals surface area contributed by atoms with Gasteiger partial charge in [-0.15, -0.1) is 0 Å². The van der Waals surface area contributed by atoms with E-state index in [9.17, 15) is 17.3 Å². The summed E-state index contributed by atoms with van der Waals surface area (Å²) >= 11 is 0. The van der Waals surface area contributed by atoms with Gasteiger partial charge in [0.15, 0.2) is 0 Å². The SMILES string of the molecule is COc1ccc(C)cc1COc1ccc([B-](F)(F)F)c(F)c1.[K+]. The monoisotopic (exact) mass is 352 g/mol. The van der Waals surface area contributed by atoms with Crippen molar-refractivity contribution < 1.29 is 78.2 Å². The number of aryl methyl sites for hydroxylation is 1. The number of methoxy groups -OCH3 is 1. The summed E-state index contributed by atoms with van der Waals surface area (Å²) in [5.74, 6) is -0.701. The van der Waals surface area contributed by atoms with Gasteiger partial charge in [0.05, 0.1) is 12.9 Å². The molecule has 0 aliphatic heterocycles.